The minimum Gasteiger partial charge on any atom is -0.383 e. The molecule has 1 unspecified atom stereocenters. The highest BCUT2D eigenvalue weighted by Gasteiger charge is 2.19. The van der Waals surface area contributed by atoms with Gasteiger partial charge in [0.1, 0.15) is 5.84 Å². The molecule has 0 aromatic heterocycles. The second-order valence-corrected chi connectivity index (χ2v) is 3.60. The van der Waals surface area contributed by atoms with Gasteiger partial charge in [-0.1, -0.05) is 0 Å². The van der Waals surface area contributed by atoms with Crippen molar-refractivity contribution in [3.8, 4) is 0 Å². The Morgan fingerprint density at radius 2 is 2.35 bits per heavy atom. The highest BCUT2D eigenvalue weighted by molar-refractivity contribution is 6.18. The SMILES string of the molecule is CN=C1CCOCC1N/C=C(\C(=N)N)C(N)=O. The zero-order chi connectivity index (χ0) is 12.8. The quantitative estimate of drug-likeness (QED) is 0.277. The molecule has 0 aliphatic carbocycles. The third-order valence-corrected chi connectivity index (χ3v) is 2.46. The fraction of sp³-hybridized carbons (Fsp3) is 0.500. The Hall–Kier alpha value is -1.89. The van der Waals surface area contributed by atoms with Gasteiger partial charge in [-0.2, -0.15) is 0 Å². The standard InChI is InChI=1S/C10H17N5O2/c1-14-7-2-3-17-5-8(7)15-4-6(9(11)12)10(13)16/h4,8,15H,2-3,5H2,1H3,(H3,11,12)(H2,13,16)/b6-4+,14-7?. The number of hydrogen-bond acceptors (Lipinski definition) is 5. The maximum atomic E-state index is 11.0. The summed E-state index contributed by atoms with van der Waals surface area (Å²) >= 11 is 0. The lowest BCUT2D eigenvalue weighted by Crippen LogP contribution is -2.43. The van der Waals surface area contributed by atoms with Crippen LogP contribution in [0.1, 0.15) is 6.42 Å². The molecule has 0 aromatic carbocycles. The summed E-state index contributed by atoms with van der Waals surface area (Å²) in [5, 5.41) is 10.1. The average Bonchev–Trinajstić information content (AvgIpc) is 2.29. The summed E-state index contributed by atoms with van der Waals surface area (Å²) in [6, 6.07) is -0.109. The van der Waals surface area contributed by atoms with Gasteiger partial charge in [0.2, 0.25) is 0 Å². The lowest BCUT2D eigenvalue weighted by atomic mass is 10.1. The second-order valence-electron chi connectivity index (χ2n) is 3.60. The largest absolute Gasteiger partial charge is 0.383 e. The van der Waals surface area contributed by atoms with Crippen LogP contribution in [0.2, 0.25) is 0 Å². The van der Waals surface area contributed by atoms with Crippen LogP contribution in [-0.4, -0.2) is 43.8 Å². The van der Waals surface area contributed by atoms with Gasteiger partial charge in [-0.15, -0.1) is 0 Å². The number of nitrogens with zero attached hydrogens (tertiary/aromatic N) is 1. The van der Waals surface area contributed by atoms with Crippen LogP contribution in [0, 0.1) is 5.41 Å². The maximum Gasteiger partial charge on any atom is 0.253 e. The average molecular weight is 239 g/mol. The predicted octanol–water partition coefficient (Wildman–Crippen LogP) is -1.26. The van der Waals surface area contributed by atoms with E-state index in [1.165, 1.54) is 6.20 Å². The Balaban J connectivity index is 2.73. The van der Waals surface area contributed by atoms with Crippen LogP contribution < -0.4 is 16.8 Å². The monoisotopic (exact) mass is 239 g/mol. The number of nitrogens with two attached hydrogens (primary N) is 2. The summed E-state index contributed by atoms with van der Waals surface area (Å²) in [5.41, 5.74) is 11.2. The molecule has 1 heterocycles. The molecule has 0 bridgehead atoms. The smallest absolute Gasteiger partial charge is 0.253 e. The number of aliphatic imine (C=N–C) groups is 1. The van der Waals surface area contributed by atoms with E-state index in [2.05, 4.69) is 10.3 Å². The van der Waals surface area contributed by atoms with Crippen LogP contribution in [0.3, 0.4) is 0 Å². The Morgan fingerprint density at radius 1 is 1.65 bits per heavy atom. The van der Waals surface area contributed by atoms with Crippen LogP contribution in [0.15, 0.2) is 16.8 Å². The highest BCUT2D eigenvalue weighted by Crippen LogP contribution is 2.04. The van der Waals surface area contributed by atoms with E-state index < -0.39 is 5.91 Å². The molecule has 1 aliphatic heterocycles. The molecule has 7 nitrogen and oxygen atoms in total. The van der Waals surface area contributed by atoms with Crippen molar-refractivity contribution in [2.75, 3.05) is 20.3 Å². The molecule has 0 spiro atoms. The number of carbonyl (C=O) groups is 1. The Morgan fingerprint density at radius 3 is 2.88 bits per heavy atom. The molecule has 94 valence electrons. The first-order chi connectivity index (χ1) is 8.06. The van der Waals surface area contributed by atoms with E-state index in [0.29, 0.717) is 13.2 Å². The van der Waals surface area contributed by atoms with E-state index >= 15 is 0 Å². The van der Waals surface area contributed by atoms with E-state index in [1.807, 2.05) is 0 Å². The van der Waals surface area contributed by atoms with Crippen molar-refractivity contribution in [2.45, 2.75) is 12.5 Å². The number of rotatable bonds is 4. The predicted molar refractivity (Wildman–Crippen MR) is 64.9 cm³/mol. The number of hydrogen-bond donors (Lipinski definition) is 4. The van der Waals surface area contributed by atoms with E-state index in [-0.39, 0.29) is 17.5 Å². The molecule has 0 aromatic rings. The van der Waals surface area contributed by atoms with Crippen molar-refractivity contribution in [3.63, 3.8) is 0 Å². The molecule has 17 heavy (non-hydrogen) atoms. The number of ether oxygens (including phenoxy) is 1. The summed E-state index contributed by atoms with van der Waals surface area (Å²) in [4.78, 5) is 15.1. The summed E-state index contributed by atoms with van der Waals surface area (Å²) in [5.74, 6) is -1.10. The van der Waals surface area contributed by atoms with E-state index in [4.69, 9.17) is 21.6 Å². The Labute approximate surface area is 99.4 Å². The third-order valence-electron chi connectivity index (χ3n) is 2.46. The number of amidine groups is 1. The van der Waals surface area contributed by atoms with Crippen LogP contribution in [0.25, 0.3) is 0 Å². The normalized spacial score (nSPS) is 23.5. The van der Waals surface area contributed by atoms with E-state index in [0.717, 1.165) is 12.1 Å². The van der Waals surface area contributed by atoms with Gasteiger partial charge >= 0.3 is 0 Å². The lowest BCUT2D eigenvalue weighted by Gasteiger charge is -2.24. The summed E-state index contributed by atoms with van der Waals surface area (Å²) < 4.78 is 5.29. The molecule has 1 fully saturated rings. The van der Waals surface area contributed by atoms with Crippen LogP contribution in [0.5, 0.6) is 0 Å². The lowest BCUT2D eigenvalue weighted by molar-refractivity contribution is -0.114. The fourth-order valence-electron chi connectivity index (χ4n) is 1.53. The third kappa shape index (κ3) is 3.56. The van der Waals surface area contributed by atoms with Crippen molar-refractivity contribution in [1.82, 2.24) is 5.32 Å². The van der Waals surface area contributed by atoms with Crippen LogP contribution >= 0.6 is 0 Å². The molecule has 1 atom stereocenters. The minimum absolute atomic E-state index is 0.0500. The number of amides is 1. The van der Waals surface area contributed by atoms with Crippen LogP contribution in [-0.2, 0) is 9.53 Å². The zero-order valence-corrected chi connectivity index (χ0v) is 9.69. The Bertz CT molecular complexity index is 359. The first-order valence-electron chi connectivity index (χ1n) is 5.20. The van der Waals surface area contributed by atoms with Crippen molar-refractivity contribution >= 4 is 17.5 Å². The molecule has 0 saturated carbocycles. The first kappa shape index (κ1) is 13.2. The molecule has 1 saturated heterocycles. The zero-order valence-electron chi connectivity index (χ0n) is 9.69. The van der Waals surface area contributed by atoms with Gasteiger partial charge in [-0.3, -0.25) is 15.2 Å². The van der Waals surface area contributed by atoms with Gasteiger partial charge in [0.05, 0.1) is 24.8 Å². The van der Waals surface area contributed by atoms with Gasteiger partial charge in [-0.25, -0.2) is 0 Å². The van der Waals surface area contributed by atoms with E-state index in [9.17, 15) is 4.79 Å². The second kappa shape index (κ2) is 6.00. The fourth-order valence-corrected chi connectivity index (χ4v) is 1.53. The molecular formula is C10H17N5O2. The number of nitrogens with one attached hydrogen (secondary N) is 2. The Kier molecular flexibility index (Phi) is 4.65. The topological polar surface area (TPSA) is 127 Å². The van der Waals surface area contributed by atoms with Gasteiger partial charge in [0.25, 0.3) is 5.91 Å². The molecule has 1 rings (SSSR count). The van der Waals surface area contributed by atoms with Crippen LogP contribution in [0.4, 0.5) is 0 Å². The van der Waals surface area contributed by atoms with E-state index in [1.54, 1.807) is 7.05 Å². The number of primary amides is 1. The van der Waals surface area contributed by atoms with Crippen molar-refractivity contribution in [3.05, 3.63) is 11.8 Å². The highest BCUT2D eigenvalue weighted by atomic mass is 16.5. The van der Waals surface area contributed by atoms with Gasteiger partial charge in [0.15, 0.2) is 0 Å². The molecule has 1 aliphatic rings. The molecule has 1 amide bonds. The number of carbonyl (C=O) groups excluding carboxylic acids is 1. The maximum absolute atomic E-state index is 11.0. The molecule has 0 radical (unpaired) electrons. The van der Waals surface area contributed by atoms with Gasteiger partial charge in [-0.05, 0) is 0 Å². The van der Waals surface area contributed by atoms with Crippen molar-refractivity contribution in [2.24, 2.45) is 16.5 Å². The summed E-state index contributed by atoms with van der Waals surface area (Å²) in [6.07, 6.45) is 2.09. The molecular weight excluding hydrogens is 222 g/mol. The van der Waals surface area contributed by atoms with Gasteiger partial charge in [0, 0.05) is 25.4 Å². The van der Waals surface area contributed by atoms with Crippen molar-refractivity contribution in [1.29, 1.82) is 5.41 Å². The van der Waals surface area contributed by atoms with Gasteiger partial charge < -0.3 is 21.5 Å². The molecule has 6 N–H and O–H groups in total. The summed E-state index contributed by atoms with van der Waals surface area (Å²) in [7, 11) is 1.71. The summed E-state index contributed by atoms with van der Waals surface area (Å²) in [6.45, 7) is 1.11. The molecule has 7 heteroatoms. The first-order valence-corrected chi connectivity index (χ1v) is 5.20. The van der Waals surface area contributed by atoms with Crippen molar-refractivity contribution < 1.29 is 9.53 Å². The minimum atomic E-state index is -0.739.